The van der Waals surface area contributed by atoms with Gasteiger partial charge < -0.3 is 10.0 Å². The van der Waals surface area contributed by atoms with Crippen LogP contribution < -0.4 is 0 Å². The largest absolute Gasteiger partial charge is 0.395 e. The van der Waals surface area contributed by atoms with Crippen molar-refractivity contribution in [3.05, 3.63) is 0 Å². The molecule has 0 aromatic rings. The quantitative estimate of drug-likeness (QED) is 0.559. The average Bonchev–Trinajstić information content (AvgIpc) is 1.68. The van der Waals surface area contributed by atoms with E-state index < -0.39 is 0 Å². The van der Waals surface area contributed by atoms with Gasteiger partial charge in [0.05, 0.1) is 6.61 Å². The summed E-state index contributed by atoms with van der Waals surface area (Å²) in [5.41, 5.74) is 0. The molecule has 2 nitrogen and oxygen atoms in total. The molecule has 0 unspecified atom stereocenters. The summed E-state index contributed by atoms with van der Waals surface area (Å²) in [6.45, 7) is 0.747. The van der Waals surface area contributed by atoms with Crippen LogP contribution in [0.2, 0.25) is 0 Å². The first-order chi connectivity index (χ1) is 3.81. The third-order valence-electron chi connectivity index (χ3n) is 0.948. The monoisotopic (exact) mass is 120 g/mol. The Kier molecular flexibility index (Phi) is 4.90. The standard InChI is InChI=1S/C5H12FNO/c1-7(3-2-6)4-5-8/h8H,2-5H2,1H3/i6-1. The van der Waals surface area contributed by atoms with Crippen molar-refractivity contribution in [2.75, 3.05) is 33.4 Å². The van der Waals surface area contributed by atoms with Crippen molar-refractivity contribution in [1.29, 1.82) is 0 Å². The van der Waals surface area contributed by atoms with E-state index in [0.717, 1.165) is 0 Å². The van der Waals surface area contributed by atoms with E-state index in [0.29, 0.717) is 13.1 Å². The van der Waals surface area contributed by atoms with Crippen molar-refractivity contribution in [3.63, 3.8) is 0 Å². The first-order valence-corrected chi connectivity index (χ1v) is 2.66. The molecule has 0 rings (SSSR count). The molecule has 0 aromatic heterocycles. The van der Waals surface area contributed by atoms with Gasteiger partial charge in [0, 0.05) is 13.1 Å². The number of halogens is 1. The van der Waals surface area contributed by atoms with Crippen LogP contribution in [-0.2, 0) is 0 Å². The van der Waals surface area contributed by atoms with Gasteiger partial charge in [0.2, 0.25) is 0 Å². The van der Waals surface area contributed by atoms with Gasteiger partial charge in [0.25, 0.3) is 0 Å². The van der Waals surface area contributed by atoms with Gasteiger partial charge >= 0.3 is 0 Å². The maximum absolute atomic E-state index is 11.4. The van der Waals surface area contributed by atoms with Crippen LogP contribution in [0.15, 0.2) is 0 Å². The van der Waals surface area contributed by atoms with Crippen LogP contribution in [0.25, 0.3) is 0 Å². The van der Waals surface area contributed by atoms with Crippen LogP contribution >= 0.6 is 0 Å². The van der Waals surface area contributed by atoms with Crippen LogP contribution in [0.4, 0.5) is 4.39 Å². The Labute approximate surface area is 48.9 Å². The maximum atomic E-state index is 11.4. The minimum absolute atomic E-state index is 0.108. The van der Waals surface area contributed by atoms with E-state index in [1.807, 2.05) is 0 Å². The highest BCUT2D eigenvalue weighted by atomic mass is 18.2. The van der Waals surface area contributed by atoms with Crippen LogP contribution in [0.1, 0.15) is 0 Å². The third-order valence-corrected chi connectivity index (χ3v) is 0.948. The fraction of sp³-hybridized carbons (Fsp3) is 1.00. The zero-order valence-corrected chi connectivity index (χ0v) is 5.10. The topological polar surface area (TPSA) is 23.5 Å². The van der Waals surface area contributed by atoms with Gasteiger partial charge in [0.1, 0.15) is 6.67 Å². The SMILES string of the molecule is CN(CCO)CC[18F]. The molecule has 0 bridgehead atoms. The van der Waals surface area contributed by atoms with Crippen molar-refractivity contribution in [1.82, 2.24) is 4.90 Å². The van der Waals surface area contributed by atoms with E-state index in [1.165, 1.54) is 0 Å². The number of nitrogens with zero attached hydrogens (tertiary/aromatic N) is 1. The van der Waals surface area contributed by atoms with Crippen molar-refractivity contribution in [3.8, 4) is 0 Å². The predicted molar refractivity (Wildman–Crippen MR) is 30.6 cm³/mol. The molecule has 0 heterocycles. The fourth-order valence-corrected chi connectivity index (χ4v) is 0.427. The smallest absolute Gasteiger partial charge is 0.102 e. The van der Waals surface area contributed by atoms with E-state index in [-0.39, 0.29) is 13.3 Å². The summed E-state index contributed by atoms with van der Waals surface area (Å²) in [6, 6.07) is 0. The number of alkyl halides is 1. The molecule has 0 radical (unpaired) electrons. The Hall–Kier alpha value is -0.150. The predicted octanol–water partition coefficient (Wildman–Crippen LogP) is -0.120. The molecule has 3 heteroatoms. The highest BCUT2D eigenvalue weighted by Gasteiger charge is 1.92. The molecular weight excluding hydrogens is 108 g/mol. The number of likely N-dealkylation sites (N-methyl/N-ethyl adjacent to an activating group) is 1. The summed E-state index contributed by atoms with van der Waals surface area (Å²) < 4.78 is 11.4. The molecule has 0 amide bonds. The van der Waals surface area contributed by atoms with Crippen LogP contribution in [0.3, 0.4) is 0 Å². The average molecular weight is 120 g/mol. The van der Waals surface area contributed by atoms with Gasteiger partial charge in [-0.15, -0.1) is 0 Å². The van der Waals surface area contributed by atoms with Crippen LogP contribution in [0.5, 0.6) is 0 Å². The van der Waals surface area contributed by atoms with Gasteiger partial charge in [-0.1, -0.05) is 0 Å². The lowest BCUT2D eigenvalue weighted by Gasteiger charge is -2.10. The molecule has 50 valence electrons. The molecule has 8 heavy (non-hydrogen) atoms. The number of aliphatic hydroxyl groups is 1. The number of rotatable bonds is 4. The van der Waals surface area contributed by atoms with Gasteiger partial charge in [-0.25, -0.2) is 4.39 Å². The lowest BCUT2D eigenvalue weighted by atomic mass is 10.5. The van der Waals surface area contributed by atoms with Crippen molar-refractivity contribution >= 4 is 0 Å². The molecule has 0 aliphatic carbocycles. The Morgan fingerprint density at radius 2 is 2.12 bits per heavy atom. The summed E-state index contributed by atoms with van der Waals surface area (Å²) in [5, 5.41) is 8.30. The highest BCUT2D eigenvalue weighted by Crippen LogP contribution is 1.79. The Morgan fingerprint density at radius 3 is 2.50 bits per heavy atom. The number of hydrogen-bond acceptors (Lipinski definition) is 2. The first-order valence-electron chi connectivity index (χ1n) is 2.66. The zero-order chi connectivity index (χ0) is 6.41. The minimum atomic E-state index is -0.337. The first kappa shape index (κ1) is 7.85. The third kappa shape index (κ3) is 4.02. The van der Waals surface area contributed by atoms with E-state index >= 15 is 0 Å². The van der Waals surface area contributed by atoms with Crippen molar-refractivity contribution in [2.24, 2.45) is 0 Å². The van der Waals surface area contributed by atoms with Gasteiger partial charge in [-0.05, 0) is 7.05 Å². The van der Waals surface area contributed by atoms with Gasteiger partial charge in [-0.2, -0.15) is 0 Å². The molecule has 0 aliphatic rings. The zero-order valence-electron chi connectivity index (χ0n) is 5.10. The van der Waals surface area contributed by atoms with E-state index in [1.54, 1.807) is 11.9 Å². The van der Waals surface area contributed by atoms with Crippen LogP contribution in [0, 0.1) is 0 Å². The summed E-state index contributed by atoms with van der Waals surface area (Å²) in [6.07, 6.45) is 0. The van der Waals surface area contributed by atoms with E-state index in [4.69, 9.17) is 5.11 Å². The second-order valence-corrected chi connectivity index (χ2v) is 1.72. The van der Waals surface area contributed by atoms with Crippen molar-refractivity contribution < 1.29 is 9.50 Å². The molecule has 0 aliphatic heterocycles. The van der Waals surface area contributed by atoms with E-state index in [2.05, 4.69) is 0 Å². The highest BCUT2D eigenvalue weighted by molar-refractivity contribution is 4.45. The second-order valence-electron chi connectivity index (χ2n) is 1.72. The molecule has 0 saturated carbocycles. The number of hydrogen-bond donors (Lipinski definition) is 1. The van der Waals surface area contributed by atoms with Gasteiger partial charge in [-0.3, -0.25) is 0 Å². The summed E-state index contributed by atoms with van der Waals surface area (Å²) >= 11 is 0. The second kappa shape index (κ2) is 5.00. The van der Waals surface area contributed by atoms with Gasteiger partial charge in [0.15, 0.2) is 0 Å². The van der Waals surface area contributed by atoms with Crippen molar-refractivity contribution in [2.45, 2.75) is 0 Å². The molecule has 0 saturated heterocycles. The molecule has 0 spiro atoms. The van der Waals surface area contributed by atoms with Crippen LogP contribution in [-0.4, -0.2) is 43.4 Å². The molecule has 1 N–H and O–H groups in total. The Morgan fingerprint density at radius 1 is 1.50 bits per heavy atom. The Balaban J connectivity index is 2.92. The summed E-state index contributed by atoms with van der Waals surface area (Å²) in [5.74, 6) is 0. The minimum Gasteiger partial charge on any atom is -0.395 e. The lowest BCUT2D eigenvalue weighted by Crippen LogP contribution is -2.24. The normalized spacial score (nSPS) is 10.5. The molecule has 0 atom stereocenters. The van der Waals surface area contributed by atoms with E-state index in [9.17, 15) is 4.39 Å². The summed E-state index contributed by atoms with van der Waals surface area (Å²) in [7, 11) is 1.77. The Bertz CT molecular complexity index is 45.7. The number of aliphatic hydroxyl groups excluding tert-OH is 1. The molecule has 0 aromatic carbocycles. The lowest BCUT2D eigenvalue weighted by molar-refractivity contribution is 0.212. The molecule has 0 fully saturated rings. The fourth-order valence-electron chi connectivity index (χ4n) is 0.427. The maximum Gasteiger partial charge on any atom is 0.102 e. The molecular formula is C5H12FNO. The summed E-state index contributed by atoms with van der Waals surface area (Å²) in [4.78, 5) is 1.74.